The summed E-state index contributed by atoms with van der Waals surface area (Å²) in [5.74, 6) is 1.66. The number of methoxy groups -OCH3 is 1. The molecule has 1 aliphatic carbocycles. The molecule has 0 spiro atoms. The van der Waals surface area contributed by atoms with Gasteiger partial charge < -0.3 is 10.5 Å². The molecule has 1 fully saturated rings. The Balaban J connectivity index is 1.92. The highest BCUT2D eigenvalue weighted by Crippen LogP contribution is 2.30. The zero-order chi connectivity index (χ0) is 13.0. The average Bonchev–Trinajstić information content (AvgIpc) is 2.91. The monoisotopic (exact) mass is 311 g/mol. The predicted octanol–water partition coefficient (Wildman–Crippen LogP) is 3.91. The fourth-order valence-corrected chi connectivity index (χ4v) is 3.26. The van der Waals surface area contributed by atoms with Crippen molar-refractivity contribution < 1.29 is 4.74 Å². The van der Waals surface area contributed by atoms with Gasteiger partial charge in [0.05, 0.1) is 7.11 Å². The highest BCUT2D eigenvalue weighted by molar-refractivity contribution is 9.10. The molecule has 1 saturated carbocycles. The average molecular weight is 312 g/mol. The van der Waals surface area contributed by atoms with Crippen molar-refractivity contribution in [1.82, 2.24) is 0 Å². The van der Waals surface area contributed by atoms with Crippen molar-refractivity contribution in [3.05, 3.63) is 28.2 Å². The molecular weight excluding hydrogens is 290 g/mol. The summed E-state index contributed by atoms with van der Waals surface area (Å²) in [6.45, 7) is 0. The molecule has 1 atom stereocenters. The molecule has 0 aliphatic heterocycles. The topological polar surface area (TPSA) is 35.2 Å². The van der Waals surface area contributed by atoms with Crippen LogP contribution in [0.5, 0.6) is 5.75 Å². The summed E-state index contributed by atoms with van der Waals surface area (Å²) >= 11 is 3.60. The third-order valence-corrected chi connectivity index (χ3v) is 4.78. The van der Waals surface area contributed by atoms with E-state index in [1.807, 2.05) is 6.07 Å². The van der Waals surface area contributed by atoms with Crippen molar-refractivity contribution in [3.63, 3.8) is 0 Å². The number of benzene rings is 1. The minimum absolute atomic E-state index is 0.352. The van der Waals surface area contributed by atoms with Gasteiger partial charge in [-0.1, -0.05) is 28.8 Å². The molecular formula is C15H22BrNO. The first-order chi connectivity index (χ1) is 8.70. The Hall–Kier alpha value is -0.540. The molecule has 0 aromatic heterocycles. The Bertz CT molecular complexity index is 388. The van der Waals surface area contributed by atoms with Crippen molar-refractivity contribution in [3.8, 4) is 5.75 Å². The van der Waals surface area contributed by atoms with E-state index in [4.69, 9.17) is 10.5 Å². The van der Waals surface area contributed by atoms with Crippen LogP contribution in [-0.4, -0.2) is 13.2 Å². The first-order valence-electron chi connectivity index (χ1n) is 6.78. The van der Waals surface area contributed by atoms with Crippen LogP contribution in [0.15, 0.2) is 22.7 Å². The molecule has 100 valence electrons. The molecule has 0 amide bonds. The zero-order valence-electron chi connectivity index (χ0n) is 11.0. The lowest BCUT2D eigenvalue weighted by Gasteiger charge is -2.19. The van der Waals surface area contributed by atoms with Crippen molar-refractivity contribution in [2.45, 2.75) is 44.6 Å². The summed E-state index contributed by atoms with van der Waals surface area (Å²) in [4.78, 5) is 0. The first kappa shape index (κ1) is 13.9. The van der Waals surface area contributed by atoms with Crippen LogP contribution < -0.4 is 10.5 Å². The molecule has 2 nitrogen and oxygen atoms in total. The molecule has 2 rings (SSSR count). The van der Waals surface area contributed by atoms with E-state index in [2.05, 4.69) is 28.1 Å². The summed E-state index contributed by atoms with van der Waals surface area (Å²) in [5, 5.41) is 0. The number of aryl methyl sites for hydroxylation is 1. The summed E-state index contributed by atoms with van der Waals surface area (Å²) in [7, 11) is 1.71. The standard InChI is InChI=1S/C15H22BrNO/c1-18-13-7-8-14(16)12(10-13)6-9-15(17)11-4-2-3-5-11/h7-8,10-11,15H,2-6,9,17H2,1H3. The van der Waals surface area contributed by atoms with Gasteiger partial charge in [-0.25, -0.2) is 0 Å². The van der Waals surface area contributed by atoms with Gasteiger partial charge in [0.2, 0.25) is 0 Å². The quantitative estimate of drug-likeness (QED) is 0.895. The van der Waals surface area contributed by atoms with Gasteiger partial charge in [-0.05, 0) is 55.4 Å². The third kappa shape index (κ3) is 3.48. The molecule has 18 heavy (non-hydrogen) atoms. The van der Waals surface area contributed by atoms with E-state index in [9.17, 15) is 0 Å². The summed E-state index contributed by atoms with van der Waals surface area (Å²) in [6.07, 6.45) is 7.45. The Morgan fingerprint density at radius 1 is 1.39 bits per heavy atom. The normalized spacial score (nSPS) is 17.9. The highest BCUT2D eigenvalue weighted by atomic mass is 79.9. The van der Waals surface area contributed by atoms with Crippen LogP contribution in [-0.2, 0) is 6.42 Å². The van der Waals surface area contributed by atoms with Gasteiger partial charge in [0.15, 0.2) is 0 Å². The fraction of sp³-hybridized carbons (Fsp3) is 0.600. The number of halogens is 1. The van der Waals surface area contributed by atoms with Crippen molar-refractivity contribution in [2.24, 2.45) is 11.7 Å². The van der Waals surface area contributed by atoms with Gasteiger partial charge >= 0.3 is 0 Å². The van der Waals surface area contributed by atoms with Crippen LogP contribution in [0.2, 0.25) is 0 Å². The Kier molecular flexibility index (Phi) is 5.07. The maximum Gasteiger partial charge on any atom is 0.119 e. The van der Waals surface area contributed by atoms with E-state index >= 15 is 0 Å². The molecule has 1 aliphatic rings. The molecule has 0 heterocycles. The third-order valence-electron chi connectivity index (χ3n) is 4.01. The van der Waals surface area contributed by atoms with Gasteiger partial charge in [-0.3, -0.25) is 0 Å². The Morgan fingerprint density at radius 2 is 2.11 bits per heavy atom. The summed E-state index contributed by atoms with van der Waals surface area (Å²) < 4.78 is 6.42. The maximum atomic E-state index is 6.30. The van der Waals surface area contributed by atoms with Gasteiger partial charge in [-0.15, -0.1) is 0 Å². The molecule has 0 radical (unpaired) electrons. The predicted molar refractivity (Wildman–Crippen MR) is 78.9 cm³/mol. The Labute approximate surface area is 118 Å². The maximum absolute atomic E-state index is 6.30. The van der Waals surface area contributed by atoms with Gasteiger partial charge in [0.25, 0.3) is 0 Å². The van der Waals surface area contributed by atoms with E-state index in [1.165, 1.54) is 31.2 Å². The SMILES string of the molecule is COc1ccc(Br)c(CCC(N)C2CCCC2)c1. The number of hydrogen-bond donors (Lipinski definition) is 1. The van der Waals surface area contributed by atoms with Crippen LogP contribution in [0, 0.1) is 5.92 Å². The zero-order valence-corrected chi connectivity index (χ0v) is 12.6. The highest BCUT2D eigenvalue weighted by Gasteiger charge is 2.21. The second-order valence-electron chi connectivity index (χ2n) is 5.20. The van der Waals surface area contributed by atoms with Gasteiger partial charge in [-0.2, -0.15) is 0 Å². The molecule has 0 saturated heterocycles. The molecule has 1 aromatic carbocycles. The Morgan fingerprint density at radius 3 is 2.78 bits per heavy atom. The van der Waals surface area contributed by atoms with Gasteiger partial charge in [0, 0.05) is 10.5 Å². The molecule has 1 unspecified atom stereocenters. The van der Waals surface area contributed by atoms with Crippen LogP contribution in [0.3, 0.4) is 0 Å². The lowest BCUT2D eigenvalue weighted by Crippen LogP contribution is -2.28. The summed E-state index contributed by atoms with van der Waals surface area (Å²) in [6, 6.07) is 6.48. The minimum atomic E-state index is 0.352. The second kappa shape index (κ2) is 6.58. The van der Waals surface area contributed by atoms with Crippen LogP contribution >= 0.6 is 15.9 Å². The molecule has 0 bridgehead atoms. The smallest absolute Gasteiger partial charge is 0.119 e. The molecule has 3 heteroatoms. The van der Waals surface area contributed by atoms with Gasteiger partial charge in [0.1, 0.15) is 5.75 Å². The largest absolute Gasteiger partial charge is 0.497 e. The first-order valence-corrected chi connectivity index (χ1v) is 7.58. The fourth-order valence-electron chi connectivity index (χ4n) is 2.81. The van der Waals surface area contributed by atoms with Crippen molar-refractivity contribution in [2.75, 3.05) is 7.11 Å². The lowest BCUT2D eigenvalue weighted by molar-refractivity contribution is 0.406. The molecule has 2 N–H and O–H groups in total. The van der Waals surface area contributed by atoms with Crippen LogP contribution in [0.25, 0.3) is 0 Å². The van der Waals surface area contributed by atoms with Crippen LogP contribution in [0.4, 0.5) is 0 Å². The van der Waals surface area contributed by atoms with E-state index < -0.39 is 0 Å². The second-order valence-corrected chi connectivity index (χ2v) is 6.06. The van der Waals surface area contributed by atoms with E-state index in [-0.39, 0.29) is 0 Å². The van der Waals surface area contributed by atoms with Crippen molar-refractivity contribution >= 4 is 15.9 Å². The summed E-state index contributed by atoms with van der Waals surface area (Å²) in [5.41, 5.74) is 7.60. The molecule has 1 aromatic rings. The minimum Gasteiger partial charge on any atom is -0.497 e. The van der Waals surface area contributed by atoms with E-state index in [0.717, 1.165) is 29.0 Å². The number of hydrogen-bond acceptors (Lipinski definition) is 2. The number of rotatable bonds is 5. The lowest BCUT2D eigenvalue weighted by atomic mass is 9.93. The van der Waals surface area contributed by atoms with E-state index in [0.29, 0.717) is 6.04 Å². The van der Waals surface area contributed by atoms with E-state index in [1.54, 1.807) is 7.11 Å². The number of nitrogens with two attached hydrogens (primary N) is 1. The van der Waals surface area contributed by atoms with Crippen LogP contribution in [0.1, 0.15) is 37.7 Å². The van der Waals surface area contributed by atoms with Crippen molar-refractivity contribution in [1.29, 1.82) is 0 Å². The number of ether oxygens (including phenoxy) is 1.